The molecule has 0 saturated heterocycles. The molecule has 0 spiro atoms. The van der Waals surface area contributed by atoms with Gasteiger partial charge in [0.25, 0.3) is 5.82 Å². The molecule has 0 aliphatic carbocycles. The molecule has 1 aliphatic heterocycles. The lowest BCUT2D eigenvalue weighted by Crippen LogP contribution is -2.24. The van der Waals surface area contributed by atoms with Gasteiger partial charge in [-0.05, 0) is 11.6 Å². The molecular formula is C13H9F3N4O2. The smallest absolute Gasteiger partial charge is 0.453 e. The number of halogens is 3. The van der Waals surface area contributed by atoms with E-state index in [2.05, 4.69) is 15.4 Å². The molecule has 1 unspecified atom stereocenters. The van der Waals surface area contributed by atoms with E-state index in [0.29, 0.717) is 5.56 Å². The first-order valence-corrected chi connectivity index (χ1v) is 6.17. The lowest BCUT2D eigenvalue weighted by atomic mass is 10.0. The number of fused-ring (bicyclic) bond motifs is 1. The van der Waals surface area contributed by atoms with Crippen LogP contribution in [-0.4, -0.2) is 25.8 Å². The van der Waals surface area contributed by atoms with Crippen molar-refractivity contribution in [3.63, 3.8) is 0 Å². The Balaban J connectivity index is 2.13. The van der Waals surface area contributed by atoms with E-state index < -0.39 is 24.0 Å². The molecule has 9 heteroatoms. The van der Waals surface area contributed by atoms with Crippen LogP contribution in [0.4, 0.5) is 19.1 Å². The van der Waals surface area contributed by atoms with Crippen molar-refractivity contribution in [3.05, 3.63) is 53.5 Å². The van der Waals surface area contributed by atoms with Gasteiger partial charge < -0.3 is 10.4 Å². The highest BCUT2D eigenvalue weighted by atomic mass is 19.4. The Morgan fingerprint density at radius 1 is 1.27 bits per heavy atom. The third kappa shape index (κ3) is 2.41. The lowest BCUT2D eigenvalue weighted by molar-refractivity contribution is -0.145. The highest BCUT2D eigenvalue weighted by Crippen LogP contribution is 2.33. The van der Waals surface area contributed by atoms with E-state index in [0.717, 1.165) is 4.68 Å². The number of alkyl halides is 3. The van der Waals surface area contributed by atoms with Crippen molar-refractivity contribution < 1.29 is 23.1 Å². The van der Waals surface area contributed by atoms with Crippen LogP contribution < -0.4 is 5.32 Å². The zero-order valence-corrected chi connectivity index (χ0v) is 10.9. The van der Waals surface area contributed by atoms with Crippen LogP contribution in [0.25, 0.3) is 0 Å². The third-order valence-corrected chi connectivity index (χ3v) is 3.09. The lowest BCUT2D eigenvalue weighted by Gasteiger charge is -2.22. The monoisotopic (exact) mass is 310 g/mol. The highest BCUT2D eigenvalue weighted by Gasteiger charge is 2.39. The molecule has 2 heterocycles. The quantitative estimate of drug-likeness (QED) is 0.889. The van der Waals surface area contributed by atoms with Gasteiger partial charge in [-0.15, -0.1) is 5.10 Å². The van der Waals surface area contributed by atoms with Crippen LogP contribution in [0, 0.1) is 0 Å². The minimum atomic E-state index is -4.71. The van der Waals surface area contributed by atoms with Gasteiger partial charge >= 0.3 is 12.1 Å². The Morgan fingerprint density at radius 2 is 1.95 bits per heavy atom. The molecule has 1 aromatic carbocycles. The number of anilines is 1. The zero-order chi connectivity index (χ0) is 15.9. The second-order valence-corrected chi connectivity index (χ2v) is 4.57. The zero-order valence-electron chi connectivity index (χ0n) is 10.9. The fourth-order valence-electron chi connectivity index (χ4n) is 2.13. The Labute approximate surface area is 121 Å². The Kier molecular flexibility index (Phi) is 3.12. The van der Waals surface area contributed by atoms with Gasteiger partial charge in [-0.2, -0.15) is 18.2 Å². The number of carbonyl (C=O) groups is 1. The molecule has 1 aromatic heterocycles. The number of rotatable bonds is 2. The number of nitrogens with zero attached hydrogens (tertiary/aromatic N) is 3. The maximum absolute atomic E-state index is 12.8. The summed E-state index contributed by atoms with van der Waals surface area (Å²) in [7, 11) is 0. The first-order valence-electron chi connectivity index (χ1n) is 6.17. The molecule has 0 amide bonds. The van der Waals surface area contributed by atoms with Crippen molar-refractivity contribution in [2.75, 3.05) is 5.32 Å². The largest absolute Gasteiger partial charge is 0.477 e. The summed E-state index contributed by atoms with van der Waals surface area (Å²) in [5.74, 6) is -2.87. The van der Waals surface area contributed by atoms with Crippen LogP contribution in [0.15, 0.2) is 42.1 Å². The molecule has 0 fully saturated rings. The number of nitrogens with one attached hydrogen (secondary N) is 1. The number of hydrogen-bond acceptors (Lipinski definition) is 4. The predicted octanol–water partition coefficient (Wildman–Crippen LogP) is 2.28. The number of aliphatic carboxylic acids is 1. The van der Waals surface area contributed by atoms with Gasteiger partial charge in [0, 0.05) is 0 Å². The second kappa shape index (κ2) is 4.86. The predicted molar refractivity (Wildman–Crippen MR) is 68.9 cm³/mol. The van der Waals surface area contributed by atoms with E-state index in [1.54, 1.807) is 30.3 Å². The van der Waals surface area contributed by atoms with Crippen LogP contribution in [-0.2, 0) is 11.0 Å². The maximum Gasteiger partial charge on any atom is 0.453 e. The SMILES string of the molecule is O=C(O)C1=CC(c2ccccc2)n2nc(C(F)(F)F)nc2N1. The fraction of sp³-hybridized carbons (Fsp3) is 0.154. The molecule has 1 aliphatic rings. The molecule has 2 N–H and O–H groups in total. The molecule has 1 atom stereocenters. The minimum absolute atomic E-state index is 0.248. The fourth-order valence-corrected chi connectivity index (χ4v) is 2.13. The average Bonchev–Trinajstić information content (AvgIpc) is 2.91. The van der Waals surface area contributed by atoms with Crippen LogP contribution >= 0.6 is 0 Å². The number of hydrogen-bond donors (Lipinski definition) is 2. The summed E-state index contributed by atoms with van der Waals surface area (Å²) < 4.78 is 39.3. The van der Waals surface area contributed by atoms with Crippen molar-refractivity contribution in [1.29, 1.82) is 0 Å². The third-order valence-electron chi connectivity index (χ3n) is 3.09. The summed E-state index contributed by atoms with van der Waals surface area (Å²) in [6, 6.07) is 7.71. The van der Waals surface area contributed by atoms with Gasteiger partial charge in [-0.25, -0.2) is 9.48 Å². The van der Waals surface area contributed by atoms with Gasteiger partial charge in [-0.3, -0.25) is 0 Å². The number of carboxylic acid groups (broad SMARTS) is 1. The summed E-state index contributed by atoms with van der Waals surface area (Å²) in [6.45, 7) is 0. The van der Waals surface area contributed by atoms with Crippen LogP contribution in [0.1, 0.15) is 17.4 Å². The molecule has 0 saturated carbocycles. The van der Waals surface area contributed by atoms with Crippen molar-refractivity contribution in [2.45, 2.75) is 12.2 Å². The molecule has 0 radical (unpaired) electrons. The Morgan fingerprint density at radius 3 is 2.55 bits per heavy atom. The van der Waals surface area contributed by atoms with E-state index in [9.17, 15) is 18.0 Å². The van der Waals surface area contributed by atoms with Crippen molar-refractivity contribution in [2.24, 2.45) is 0 Å². The van der Waals surface area contributed by atoms with Crippen LogP contribution in [0.2, 0.25) is 0 Å². The van der Waals surface area contributed by atoms with Gasteiger partial charge in [0.2, 0.25) is 5.95 Å². The molecule has 3 rings (SSSR count). The summed E-state index contributed by atoms with van der Waals surface area (Å²) >= 11 is 0. The Hall–Kier alpha value is -2.84. The van der Waals surface area contributed by atoms with Crippen molar-refractivity contribution in [1.82, 2.24) is 14.8 Å². The van der Waals surface area contributed by atoms with Crippen molar-refractivity contribution in [3.8, 4) is 0 Å². The van der Waals surface area contributed by atoms with Crippen LogP contribution in [0.3, 0.4) is 0 Å². The number of carboxylic acids is 1. The summed E-state index contributed by atoms with van der Waals surface area (Å²) in [5.41, 5.74) is 0.352. The number of benzene rings is 1. The van der Waals surface area contributed by atoms with Gasteiger partial charge in [0.05, 0.1) is 0 Å². The number of allylic oxidation sites excluding steroid dienone is 1. The van der Waals surface area contributed by atoms with Gasteiger partial charge in [-0.1, -0.05) is 30.3 Å². The van der Waals surface area contributed by atoms with E-state index in [1.807, 2.05) is 0 Å². The molecular weight excluding hydrogens is 301 g/mol. The van der Waals surface area contributed by atoms with Crippen LogP contribution in [0.5, 0.6) is 0 Å². The Bertz CT molecular complexity index is 752. The molecule has 114 valence electrons. The number of aromatic nitrogens is 3. The normalized spacial score (nSPS) is 17.4. The maximum atomic E-state index is 12.8. The molecule has 2 aromatic rings. The summed E-state index contributed by atoms with van der Waals surface area (Å²) in [4.78, 5) is 14.5. The standard InChI is InChI=1S/C13H9F3N4O2/c14-13(15,16)11-18-12-17-8(10(21)22)6-9(20(12)19-11)7-4-2-1-3-5-7/h1-6,9H,(H,21,22)(H,17,18,19). The van der Waals surface area contributed by atoms with E-state index in [-0.39, 0.29) is 11.6 Å². The topological polar surface area (TPSA) is 80.0 Å². The molecule has 0 bridgehead atoms. The van der Waals surface area contributed by atoms with Gasteiger partial charge in [0.15, 0.2) is 0 Å². The summed E-state index contributed by atoms with van der Waals surface area (Å²) in [6.07, 6.45) is -3.42. The highest BCUT2D eigenvalue weighted by molar-refractivity contribution is 5.90. The average molecular weight is 310 g/mol. The molecule has 6 nitrogen and oxygen atoms in total. The first-order chi connectivity index (χ1) is 10.4. The van der Waals surface area contributed by atoms with E-state index in [1.165, 1.54) is 6.08 Å². The van der Waals surface area contributed by atoms with E-state index >= 15 is 0 Å². The second-order valence-electron chi connectivity index (χ2n) is 4.57. The van der Waals surface area contributed by atoms with Crippen molar-refractivity contribution >= 4 is 11.9 Å². The summed E-state index contributed by atoms with van der Waals surface area (Å²) in [5, 5.41) is 14.9. The van der Waals surface area contributed by atoms with Gasteiger partial charge in [0.1, 0.15) is 11.7 Å². The molecule has 22 heavy (non-hydrogen) atoms. The minimum Gasteiger partial charge on any atom is -0.477 e. The first kappa shape index (κ1) is 14.1. The van der Waals surface area contributed by atoms with E-state index in [4.69, 9.17) is 5.11 Å².